The molecule has 4 heteroatoms. The number of methoxy groups -OCH3 is 2. The van der Waals surface area contributed by atoms with Gasteiger partial charge in [-0.1, -0.05) is 12.1 Å². The van der Waals surface area contributed by atoms with E-state index >= 15 is 0 Å². The van der Waals surface area contributed by atoms with Crippen LogP contribution in [0.4, 0.5) is 4.39 Å². The second-order valence-electron chi connectivity index (χ2n) is 4.84. The second kappa shape index (κ2) is 7.09. The van der Waals surface area contributed by atoms with E-state index in [1.54, 1.807) is 20.3 Å². The highest BCUT2D eigenvalue weighted by Crippen LogP contribution is 2.26. The van der Waals surface area contributed by atoms with Crippen LogP contribution < -0.4 is 14.8 Å². The lowest BCUT2D eigenvalue weighted by Gasteiger charge is -2.17. The van der Waals surface area contributed by atoms with Gasteiger partial charge in [-0.05, 0) is 42.8 Å². The van der Waals surface area contributed by atoms with Gasteiger partial charge < -0.3 is 14.8 Å². The molecule has 1 unspecified atom stereocenters. The first kappa shape index (κ1) is 15.3. The lowest BCUT2D eigenvalue weighted by atomic mass is 10.1. The maximum absolute atomic E-state index is 13.4. The zero-order valence-electron chi connectivity index (χ0n) is 12.5. The molecule has 0 aromatic heterocycles. The van der Waals surface area contributed by atoms with Crippen LogP contribution in [0.15, 0.2) is 42.5 Å². The molecule has 0 amide bonds. The lowest BCUT2D eigenvalue weighted by molar-refractivity contribution is 0.399. The minimum absolute atomic E-state index is 0.0261. The minimum Gasteiger partial charge on any atom is -0.497 e. The first-order valence-electron chi connectivity index (χ1n) is 6.83. The van der Waals surface area contributed by atoms with Gasteiger partial charge in [0, 0.05) is 18.2 Å². The van der Waals surface area contributed by atoms with E-state index in [-0.39, 0.29) is 11.9 Å². The van der Waals surface area contributed by atoms with Crippen LogP contribution in [0.25, 0.3) is 0 Å². The third kappa shape index (κ3) is 3.95. The van der Waals surface area contributed by atoms with E-state index in [0.717, 1.165) is 16.9 Å². The maximum atomic E-state index is 13.4. The highest BCUT2D eigenvalue weighted by Gasteiger charge is 2.12. The molecule has 0 aliphatic rings. The van der Waals surface area contributed by atoms with E-state index in [9.17, 15) is 4.39 Å². The van der Waals surface area contributed by atoms with Crippen LogP contribution in [0.3, 0.4) is 0 Å². The molecule has 112 valence electrons. The van der Waals surface area contributed by atoms with Gasteiger partial charge in [-0.3, -0.25) is 0 Å². The highest BCUT2D eigenvalue weighted by atomic mass is 19.1. The van der Waals surface area contributed by atoms with Gasteiger partial charge in [-0.15, -0.1) is 0 Å². The van der Waals surface area contributed by atoms with Crippen molar-refractivity contribution in [1.29, 1.82) is 0 Å². The topological polar surface area (TPSA) is 30.5 Å². The Hall–Kier alpha value is -2.07. The van der Waals surface area contributed by atoms with E-state index in [0.29, 0.717) is 12.3 Å². The van der Waals surface area contributed by atoms with Crippen molar-refractivity contribution in [3.8, 4) is 11.5 Å². The molecule has 0 aliphatic heterocycles. The zero-order chi connectivity index (χ0) is 15.2. The largest absolute Gasteiger partial charge is 0.497 e. The van der Waals surface area contributed by atoms with Gasteiger partial charge in [0.25, 0.3) is 0 Å². The molecule has 0 spiro atoms. The van der Waals surface area contributed by atoms with Crippen molar-refractivity contribution in [2.75, 3.05) is 14.2 Å². The number of halogens is 1. The average Bonchev–Trinajstić information content (AvgIpc) is 2.52. The Bertz CT molecular complexity index is 601. The van der Waals surface area contributed by atoms with Gasteiger partial charge in [-0.2, -0.15) is 0 Å². The highest BCUT2D eigenvalue weighted by molar-refractivity contribution is 5.36. The second-order valence-corrected chi connectivity index (χ2v) is 4.84. The summed E-state index contributed by atoms with van der Waals surface area (Å²) in [6.07, 6.45) is 0. The number of hydrogen-bond donors (Lipinski definition) is 1. The van der Waals surface area contributed by atoms with Crippen LogP contribution in [-0.2, 0) is 6.54 Å². The molecule has 0 heterocycles. The van der Waals surface area contributed by atoms with E-state index < -0.39 is 0 Å². The molecule has 2 rings (SSSR count). The van der Waals surface area contributed by atoms with Gasteiger partial charge in [-0.25, -0.2) is 4.39 Å². The maximum Gasteiger partial charge on any atom is 0.123 e. The van der Waals surface area contributed by atoms with Gasteiger partial charge in [0.15, 0.2) is 0 Å². The summed E-state index contributed by atoms with van der Waals surface area (Å²) < 4.78 is 23.9. The molecule has 0 bridgehead atoms. The molecular formula is C17H20FNO2. The van der Waals surface area contributed by atoms with Crippen LogP contribution in [0.2, 0.25) is 0 Å². The molecule has 21 heavy (non-hydrogen) atoms. The molecule has 0 saturated carbocycles. The Morgan fingerprint density at radius 3 is 2.62 bits per heavy atom. The van der Waals surface area contributed by atoms with E-state index in [2.05, 4.69) is 5.32 Å². The number of benzene rings is 2. The summed E-state index contributed by atoms with van der Waals surface area (Å²) in [5.41, 5.74) is 1.91. The summed E-state index contributed by atoms with van der Waals surface area (Å²) in [6.45, 7) is 2.65. The Morgan fingerprint density at radius 2 is 1.90 bits per heavy atom. The van der Waals surface area contributed by atoms with Gasteiger partial charge in [0.1, 0.15) is 17.3 Å². The van der Waals surface area contributed by atoms with Gasteiger partial charge in [0.2, 0.25) is 0 Å². The fourth-order valence-corrected chi connectivity index (χ4v) is 2.21. The number of rotatable bonds is 6. The van der Waals surface area contributed by atoms with Crippen molar-refractivity contribution in [2.45, 2.75) is 19.5 Å². The third-order valence-electron chi connectivity index (χ3n) is 3.40. The van der Waals surface area contributed by atoms with Crippen molar-refractivity contribution < 1.29 is 13.9 Å². The molecule has 1 atom stereocenters. The van der Waals surface area contributed by atoms with Crippen molar-refractivity contribution in [3.63, 3.8) is 0 Å². The Kier molecular flexibility index (Phi) is 5.17. The smallest absolute Gasteiger partial charge is 0.123 e. The van der Waals surface area contributed by atoms with Crippen LogP contribution in [0.1, 0.15) is 24.1 Å². The molecule has 1 N–H and O–H groups in total. The number of nitrogens with one attached hydrogen (secondary N) is 1. The first-order chi connectivity index (χ1) is 10.1. The van der Waals surface area contributed by atoms with Gasteiger partial charge in [0.05, 0.1) is 14.2 Å². The summed E-state index contributed by atoms with van der Waals surface area (Å²) in [5, 5.41) is 3.37. The Balaban J connectivity index is 2.07. The van der Waals surface area contributed by atoms with Crippen LogP contribution in [0, 0.1) is 5.82 Å². The molecule has 0 aliphatic carbocycles. The minimum atomic E-state index is -0.263. The molecule has 2 aromatic carbocycles. The van der Waals surface area contributed by atoms with Crippen LogP contribution >= 0.6 is 0 Å². The summed E-state index contributed by atoms with van der Waals surface area (Å²) in [7, 11) is 3.23. The van der Waals surface area contributed by atoms with E-state index in [1.807, 2.05) is 31.2 Å². The quantitative estimate of drug-likeness (QED) is 0.879. The van der Waals surface area contributed by atoms with Crippen molar-refractivity contribution >= 4 is 0 Å². The molecule has 0 fully saturated rings. The van der Waals surface area contributed by atoms with Crippen LogP contribution in [0.5, 0.6) is 11.5 Å². The zero-order valence-corrected chi connectivity index (χ0v) is 12.5. The third-order valence-corrected chi connectivity index (χ3v) is 3.40. The SMILES string of the molecule is COc1cccc(CNC(C)c2cc(F)ccc2OC)c1. The fraction of sp³-hybridized carbons (Fsp3) is 0.294. The standard InChI is InChI=1S/C17H20FNO2/c1-12(16-10-14(18)7-8-17(16)21-3)19-11-13-5-4-6-15(9-13)20-2/h4-10,12,19H,11H2,1-3H3. The molecule has 0 saturated heterocycles. The Morgan fingerprint density at radius 1 is 1.10 bits per heavy atom. The number of hydrogen-bond acceptors (Lipinski definition) is 3. The van der Waals surface area contributed by atoms with Crippen molar-refractivity contribution in [3.05, 3.63) is 59.4 Å². The number of ether oxygens (including phenoxy) is 2. The summed E-state index contributed by atoms with van der Waals surface area (Å²) >= 11 is 0. The predicted octanol–water partition coefficient (Wildman–Crippen LogP) is 3.69. The predicted molar refractivity (Wildman–Crippen MR) is 81.2 cm³/mol. The lowest BCUT2D eigenvalue weighted by Crippen LogP contribution is -2.19. The monoisotopic (exact) mass is 289 g/mol. The average molecular weight is 289 g/mol. The van der Waals surface area contributed by atoms with E-state index in [1.165, 1.54) is 12.1 Å². The molecular weight excluding hydrogens is 269 g/mol. The first-order valence-corrected chi connectivity index (χ1v) is 6.83. The summed E-state index contributed by atoms with van der Waals surface area (Å²) in [6, 6.07) is 12.4. The van der Waals surface area contributed by atoms with Crippen molar-refractivity contribution in [1.82, 2.24) is 5.32 Å². The molecule has 2 aromatic rings. The molecule has 3 nitrogen and oxygen atoms in total. The summed E-state index contributed by atoms with van der Waals surface area (Å²) in [4.78, 5) is 0. The summed E-state index contributed by atoms with van der Waals surface area (Å²) in [5.74, 6) is 1.24. The van der Waals surface area contributed by atoms with Crippen LogP contribution in [-0.4, -0.2) is 14.2 Å². The fourth-order valence-electron chi connectivity index (χ4n) is 2.21. The molecule has 0 radical (unpaired) electrons. The van der Waals surface area contributed by atoms with Crippen molar-refractivity contribution in [2.24, 2.45) is 0 Å². The van der Waals surface area contributed by atoms with E-state index in [4.69, 9.17) is 9.47 Å². The normalized spacial score (nSPS) is 12.0. The Labute approximate surface area is 124 Å². The van der Waals surface area contributed by atoms with Gasteiger partial charge >= 0.3 is 0 Å².